The van der Waals surface area contributed by atoms with Crippen molar-refractivity contribution < 1.29 is 4.74 Å². The van der Waals surface area contributed by atoms with E-state index >= 15 is 0 Å². The summed E-state index contributed by atoms with van der Waals surface area (Å²) in [6.07, 6.45) is 8.89. The Bertz CT molecular complexity index is 193. The van der Waals surface area contributed by atoms with Crippen LogP contribution in [0.4, 0.5) is 0 Å². The molecule has 0 bridgehead atoms. The van der Waals surface area contributed by atoms with Gasteiger partial charge in [-0.05, 0) is 12.5 Å². The van der Waals surface area contributed by atoms with E-state index < -0.39 is 0 Å². The molecular weight excluding hydrogens is 160 g/mol. The molecule has 0 rings (SSSR count). The van der Waals surface area contributed by atoms with Gasteiger partial charge in [0, 0.05) is 6.61 Å². The molecule has 0 saturated carbocycles. The van der Waals surface area contributed by atoms with Gasteiger partial charge in [0.1, 0.15) is 6.61 Å². The highest BCUT2D eigenvalue weighted by molar-refractivity contribution is 5.18. The molecule has 0 saturated heterocycles. The van der Waals surface area contributed by atoms with E-state index in [1.165, 1.54) is 12.8 Å². The van der Waals surface area contributed by atoms with Gasteiger partial charge in [-0.2, -0.15) is 0 Å². The van der Waals surface area contributed by atoms with Gasteiger partial charge in [-0.25, -0.2) is 0 Å². The lowest BCUT2D eigenvalue weighted by molar-refractivity contribution is 0.162. The Morgan fingerprint density at radius 1 is 1.38 bits per heavy atom. The molecule has 0 N–H and O–H groups in total. The molecule has 0 aromatic heterocycles. The second-order valence-electron chi connectivity index (χ2n) is 2.68. The molecule has 0 aliphatic heterocycles. The van der Waals surface area contributed by atoms with Crippen LogP contribution in [0.1, 0.15) is 26.2 Å². The lowest BCUT2D eigenvalue weighted by Crippen LogP contribution is -1.93. The fourth-order valence-corrected chi connectivity index (χ4v) is 0.794. The summed E-state index contributed by atoms with van der Waals surface area (Å²) in [5.41, 5.74) is 0. The number of ether oxygens (including phenoxy) is 1. The van der Waals surface area contributed by atoms with Crippen LogP contribution >= 0.6 is 0 Å². The minimum atomic E-state index is 0.533. The summed E-state index contributed by atoms with van der Waals surface area (Å²) in [5, 5.41) is 0. The largest absolute Gasteiger partial charge is 0.369 e. The van der Waals surface area contributed by atoms with E-state index in [1.54, 1.807) is 12.2 Å². The maximum atomic E-state index is 5.28. The van der Waals surface area contributed by atoms with Crippen molar-refractivity contribution in [3.63, 3.8) is 0 Å². The Kier molecular flexibility index (Phi) is 10.2. The third-order valence-electron chi connectivity index (χ3n) is 1.48. The van der Waals surface area contributed by atoms with Crippen LogP contribution in [0.15, 0.2) is 24.8 Å². The average Bonchev–Trinajstić information content (AvgIpc) is 2.16. The summed E-state index contributed by atoms with van der Waals surface area (Å²) in [6.45, 7) is 7.08. The molecule has 0 aromatic carbocycles. The fraction of sp³-hybridized carbons (Fsp3) is 0.500. The molecule has 0 atom stereocenters. The van der Waals surface area contributed by atoms with E-state index in [2.05, 4.69) is 25.3 Å². The van der Waals surface area contributed by atoms with Gasteiger partial charge in [0.15, 0.2) is 0 Å². The van der Waals surface area contributed by atoms with Gasteiger partial charge >= 0.3 is 0 Å². The highest BCUT2D eigenvalue weighted by atomic mass is 16.5. The van der Waals surface area contributed by atoms with Gasteiger partial charge < -0.3 is 4.74 Å². The lowest BCUT2D eigenvalue weighted by atomic mass is 10.3. The predicted molar refractivity (Wildman–Crippen MR) is 57.5 cm³/mol. The zero-order chi connectivity index (χ0) is 9.78. The van der Waals surface area contributed by atoms with Crippen molar-refractivity contribution in [2.75, 3.05) is 13.2 Å². The molecule has 1 nitrogen and oxygen atoms in total. The maximum absolute atomic E-state index is 5.28. The Morgan fingerprint density at radius 2 is 2.23 bits per heavy atom. The predicted octanol–water partition coefficient (Wildman–Crippen LogP) is 2.94. The third kappa shape index (κ3) is 11.0. The number of unbranched alkanes of at least 4 members (excludes halogenated alkanes) is 2. The first-order valence-electron chi connectivity index (χ1n) is 4.75. The maximum Gasteiger partial charge on any atom is 0.108 e. The summed E-state index contributed by atoms with van der Waals surface area (Å²) in [5.74, 6) is 5.74. The molecular formula is C12H18O. The van der Waals surface area contributed by atoms with E-state index in [1.807, 2.05) is 6.08 Å². The molecule has 0 fully saturated rings. The Hall–Kier alpha value is -1.00. The monoisotopic (exact) mass is 178 g/mol. The molecule has 0 aliphatic carbocycles. The first-order chi connectivity index (χ1) is 6.41. The summed E-state index contributed by atoms with van der Waals surface area (Å²) in [6, 6.07) is 0. The van der Waals surface area contributed by atoms with Crippen molar-refractivity contribution in [2.45, 2.75) is 26.2 Å². The summed E-state index contributed by atoms with van der Waals surface area (Å²) < 4.78 is 5.28. The van der Waals surface area contributed by atoms with Crippen LogP contribution in [0.5, 0.6) is 0 Å². The normalized spacial score (nSPS) is 9.62. The first kappa shape index (κ1) is 12.0. The van der Waals surface area contributed by atoms with Crippen LogP contribution in [-0.4, -0.2) is 13.2 Å². The lowest BCUT2D eigenvalue weighted by Gasteiger charge is -1.96. The number of hydrogen-bond acceptors (Lipinski definition) is 1. The summed E-state index contributed by atoms with van der Waals surface area (Å²) in [4.78, 5) is 0. The zero-order valence-electron chi connectivity index (χ0n) is 8.38. The van der Waals surface area contributed by atoms with E-state index in [9.17, 15) is 0 Å². The molecule has 0 aromatic rings. The fourth-order valence-electron chi connectivity index (χ4n) is 0.794. The van der Waals surface area contributed by atoms with Crippen molar-refractivity contribution in [1.29, 1.82) is 0 Å². The van der Waals surface area contributed by atoms with Crippen molar-refractivity contribution in [3.05, 3.63) is 24.8 Å². The molecule has 0 aliphatic rings. The van der Waals surface area contributed by atoms with Gasteiger partial charge in [0.25, 0.3) is 0 Å². The van der Waals surface area contributed by atoms with E-state index in [4.69, 9.17) is 4.74 Å². The summed E-state index contributed by atoms with van der Waals surface area (Å²) in [7, 11) is 0. The number of hydrogen-bond donors (Lipinski definition) is 0. The van der Waals surface area contributed by atoms with Gasteiger partial charge in [-0.15, -0.1) is 0 Å². The van der Waals surface area contributed by atoms with Crippen molar-refractivity contribution in [1.82, 2.24) is 0 Å². The summed E-state index contributed by atoms with van der Waals surface area (Å²) >= 11 is 0. The van der Waals surface area contributed by atoms with Crippen LogP contribution < -0.4 is 0 Å². The quantitative estimate of drug-likeness (QED) is 0.345. The first-order valence-corrected chi connectivity index (χ1v) is 4.75. The smallest absolute Gasteiger partial charge is 0.108 e. The Balaban J connectivity index is 3.17. The molecule has 1 heteroatoms. The Labute approximate surface area is 81.5 Å². The minimum Gasteiger partial charge on any atom is -0.369 e. The number of allylic oxidation sites excluding steroid dienone is 3. The zero-order valence-corrected chi connectivity index (χ0v) is 8.38. The third-order valence-corrected chi connectivity index (χ3v) is 1.48. The highest BCUT2D eigenvalue weighted by Gasteiger charge is 1.84. The molecule has 0 heterocycles. The highest BCUT2D eigenvalue weighted by Crippen LogP contribution is 1.93. The van der Waals surface area contributed by atoms with E-state index in [-0.39, 0.29) is 0 Å². The second kappa shape index (κ2) is 11.0. The van der Waals surface area contributed by atoms with Gasteiger partial charge in [-0.3, -0.25) is 0 Å². The van der Waals surface area contributed by atoms with Gasteiger partial charge in [-0.1, -0.05) is 50.3 Å². The molecule has 0 spiro atoms. The van der Waals surface area contributed by atoms with Crippen molar-refractivity contribution in [3.8, 4) is 11.8 Å². The van der Waals surface area contributed by atoms with Gasteiger partial charge in [0.2, 0.25) is 0 Å². The minimum absolute atomic E-state index is 0.533. The van der Waals surface area contributed by atoms with Crippen LogP contribution in [0.2, 0.25) is 0 Å². The van der Waals surface area contributed by atoms with E-state index in [0.717, 1.165) is 13.0 Å². The Morgan fingerprint density at radius 3 is 2.92 bits per heavy atom. The molecule has 72 valence electrons. The van der Waals surface area contributed by atoms with E-state index in [0.29, 0.717) is 6.61 Å². The molecule has 0 radical (unpaired) electrons. The number of rotatable bonds is 6. The average molecular weight is 178 g/mol. The molecule has 0 unspecified atom stereocenters. The van der Waals surface area contributed by atoms with Crippen molar-refractivity contribution >= 4 is 0 Å². The topological polar surface area (TPSA) is 9.23 Å². The van der Waals surface area contributed by atoms with Gasteiger partial charge in [0.05, 0.1) is 0 Å². The molecule has 0 amide bonds. The van der Waals surface area contributed by atoms with Crippen LogP contribution in [0.3, 0.4) is 0 Å². The van der Waals surface area contributed by atoms with Crippen LogP contribution in [0, 0.1) is 11.8 Å². The van der Waals surface area contributed by atoms with Crippen molar-refractivity contribution in [2.24, 2.45) is 0 Å². The second-order valence-corrected chi connectivity index (χ2v) is 2.68. The standard InChI is InChI=1S/C12H18O/c1-3-5-7-8-10-12-13-11-9-6-4-2/h3,5,7H,1,4,6,9,11-12H2,2H3/b7-5+. The molecule has 13 heavy (non-hydrogen) atoms. The van der Waals surface area contributed by atoms with Crippen LogP contribution in [-0.2, 0) is 4.74 Å². The van der Waals surface area contributed by atoms with Crippen LogP contribution in [0.25, 0.3) is 0 Å². The SMILES string of the molecule is C=C/C=C/C#CCOCCCCC.